The van der Waals surface area contributed by atoms with Crippen molar-refractivity contribution in [2.24, 2.45) is 5.92 Å². The monoisotopic (exact) mass is 253 g/mol. The van der Waals surface area contributed by atoms with Crippen molar-refractivity contribution in [3.05, 3.63) is 11.6 Å². The molecular formula is C13H19NO4. The molecule has 1 amide bonds. The highest BCUT2D eigenvalue weighted by Gasteiger charge is 2.47. The number of aliphatic carboxylic acids is 1. The van der Waals surface area contributed by atoms with Gasteiger partial charge in [-0.3, -0.25) is 0 Å². The Hall–Kier alpha value is -1.52. The fourth-order valence-electron chi connectivity index (χ4n) is 2.64. The summed E-state index contributed by atoms with van der Waals surface area (Å²) in [6.45, 7) is 6.18. The number of likely N-dealkylation sites (tertiary alicyclic amines) is 1. The summed E-state index contributed by atoms with van der Waals surface area (Å²) in [6, 6.07) is 0.130. The van der Waals surface area contributed by atoms with Crippen molar-refractivity contribution in [1.29, 1.82) is 0 Å². The van der Waals surface area contributed by atoms with Gasteiger partial charge in [-0.15, -0.1) is 0 Å². The summed E-state index contributed by atoms with van der Waals surface area (Å²) in [5.41, 5.74) is 0.456. The molecule has 2 aliphatic rings. The van der Waals surface area contributed by atoms with E-state index in [-0.39, 0.29) is 18.1 Å². The minimum atomic E-state index is -0.904. The van der Waals surface area contributed by atoms with E-state index >= 15 is 0 Å². The van der Waals surface area contributed by atoms with Crippen LogP contribution >= 0.6 is 0 Å². The van der Waals surface area contributed by atoms with Crippen LogP contribution < -0.4 is 0 Å². The summed E-state index contributed by atoms with van der Waals surface area (Å²) in [7, 11) is 0. The van der Waals surface area contributed by atoms with Gasteiger partial charge >= 0.3 is 12.1 Å². The molecule has 2 unspecified atom stereocenters. The second kappa shape index (κ2) is 4.30. The maximum absolute atomic E-state index is 11.9. The van der Waals surface area contributed by atoms with Crippen molar-refractivity contribution in [3.63, 3.8) is 0 Å². The molecular weight excluding hydrogens is 234 g/mol. The quantitative estimate of drug-likeness (QED) is 0.726. The Morgan fingerprint density at radius 1 is 1.44 bits per heavy atom. The highest BCUT2D eigenvalue weighted by Crippen LogP contribution is 2.45. The van der Waals surface area contributed by atoms with Crippen molar-refractivity contribution in [2.45, 2.75) is 45.3 Å². The Kier molecular flexibility index (Phi) is 3.09. The first-order valence-electron chi connectivity index (χ1n) is 6.21. The maximum Gasteiger partial charge on any atom is 0.410 e. The number of fused-ring (bicyclic) bond motifs is 1. The van der Waals surface area contributed by atoms with Crippen molar-refractivity contribution < 1.29 is 19.4 Å². The molecule has 0 aromatic heterocycles. The molecule has 0 radical (unpaired) electrons. The molecule has 0 aromatic rings. The first kappa shape index (κ1) is 12.9. The molecule has 2 fully saturated rings. The maximum atomic E-state index is 11.9. The van der Waals surface area contributed by atoms with E-state index in [0.29, 0.717) is 13.0 Å². The number of hydrogen-bond acceptors (Lipinski definition) is 3. The molecule has 1 N–H and O–H groups in total. The fraction of sp³-hybridized carbons (Fsp3) is 0.692. The number of carbonyl (C=O) groups is 2. The average molecular weight is 253 g/mol. The average Bonchev–Trinajstić information content (AvgIpc) is 2.49. The van der Waals surface area contributed by atoms with Crippen molar-refractivity contribution in [2.75, 3.05) is 6.54 Å². The summed E-state index contributed by atoms with van der Waals surface area (Å²) in [5.74, 6) is -0.687. The number of hydrogen-bond donors (Lipinski definition) is 1. The lowest BCUT2D eigenvalue weighted by Crippen LogP contribution is -2.46. The lowest BCUT2D eigenvalue weighted by molar-refractivity contribution is -0.131. The van der Waals surface area contributed by atoms with Crippen LogP contribution in [0.2, 0.25) is 0 Å². The van der Waals surface area contributed by atoms with Gasteiger partial charge in [0.2, 0.25) is 0 Å². The molecule has 2 atom stereocenters. The van der Waals surface area contributed by atoms with Gasteiger partial charge in [-0.05, 0) is 33.6 Å². The predicted molar refractivity (Wildman–Crippen MR) is 65.2 cm³/mol. The molecule has 5 heteroatoms. The summed E-state index contributed by atoms with van der Waals surface area (Å²) >= 11 is 0. The molecule has 1 saturated carbocycles. The lowest BCUT2D eigenvalue weighted by Gasteiger charge is -2.38. The fourth-order valence-corrected chi connectivity index (χ4v) is 2.64. The van der Waals surface area contributed by atoms with Crippen LogP contribution in [-0.4, -0.2) is 40.3 Å². The van der Waals surface area contributed by atoms with E-state index < -0.39 is 11.6 Å². The Morgan fingerprint density at radius 3 is 2.67 bits per heavy atom. The lowest BCUT2D eigenvalue weighted by atomic mass is 9.74. The molecule has 1 saturated heterocycles. The van der Waals surface area contributed by atoms with Gasteiger partial charge in [0.15, 0.2) is 0 Å². The first-order valence-corrected chi connectivity index (χ1v) is 6.21. The molecule has 5 nitrogen and oxygen atoms in total. The van der Waals surface area contributed by atoms with E-state index in [0.717, 1.165) is 12.0 Å². The zero-order chi connectivity index (χ0) is 13.5. The third kappa shape index (κ3) is 2.49. The first-order chi connectivity index (χ1) is 8.28. The van der Waals surface area contributed by atoms with Crippen LogP contribution in [0.5, 0.6) is 0 Å². The molecule has 1 heterocycles. The molecule has 0 spiro atoms. The second-order valence-corrected chi connectivity index (χ2v) is 5.90. The third-order valence-corrected chi connectivity index (χ3v) is 3.40. The minimum Gasteiger partial charge on any atom is -0.478 e. The second-order valence-electron chi connectivity index (χ2n) is 5.90. The van der Waals surface area contributed by atoms with Crippen LogP contribution in [0, 0.1) is 5.92 Å². The zero-order valence-corrected chi connectivity index (χ0v) is 11.0. The smallest absolute Gasteiger partial charge is 0.410 e. The van der Waals surface area contributed by atoms with Crippen molar-refractivity contribution in [3.8, 4) is 0 Å². The molecule has 18 heavy (non-hydrogen) atoms. The summed E-state index contributed by atoms with van der Waals surface area (Å²) in [5, 5.41) is 8.72. The van der Waals surface area contributed by atoms with E-state index in [4.69, 9.17) is 9.84 Å². The van der Waals surface area contributed by atoms with Gasteiger partial charge in [0.25, 0.3) is 0 Å². The van der Waals surface area contributed by atoms with Gasteiger partial charge in [-0.25, -0.2) is 9.59 Å². The standard InChI is InChI=1S/C13H19NO4/c1-13(2,3)18-12(17)14-5-4-9-8(6-10(9)14)7-11(15)16/h7,9-10H,4-6H2,1-3H3,(H,15,16)/b8-7-. The number of carboxylic acid groups (broad SMARTS) is 1. The molecule has 0 aromatic carbocycles. The van der Waals surface area contributed by atoms with Gasteiger partial charge in [0, 0.05) is 24.6 Å². The van der Waals surface area contributed by atoms with Gasteiger partial charge < -0.3 is 14.7 Å². The van der Waals surface area contributed by atoms with Crippen LogP contribution in [0.15, 0.2) is 11.6 Å². The molecule has 1 aliphatic carbocycles. The highest BCUT2D eigenvalue weighted by molar-refractivity contribution is 5.81. The number of ether oxygens (including phenoxy) is 1. The SMILES string of the molecule is CC(C)(C)OC(=O)N1CCC2/C(=C\C(=O)O)CC21. The molecule has 0 bridgehead atoms. The largest absolute Gasteiger partial charge is 0.478 e. The summed E-state index contributed by atoms with van der Waals surface area (Å²) in [4.78, 5) is 24.3. The Morgan fingerprint density at radius 2 is 2.11 bits per heavy atom. The number of rotatable bonds is 1. The Labute approximate surface area is 106 Å². The van der Waals surface area contributed by atoms with Crippen LogP contribution in [-0.2, 0) is 9.53 Å². The van der Waals surface area contributed by atoms with Crippen LogP contribution in [0.1, 0.15) is 33.6 Å². The number of nitrogens with zero attached hydrogens (tertiary/aromatic N) is 1. The Bertz CT molecular complexity index is 408. The van der Waals surface area contributed by atoms with Crippen molar-refractivity contribution in [1.82, 2.24) is 4.90 Å². The van der Waals surface area contributed by atoms with Gasteiger partial charge in [0.05, 0.1) is 0 Å². The van der Waals surface area contributed by atoms with Crippen LogP contribution in [0.3, 0.4) is 0 Å². The molecule has 2 rings (SSSR count). The van der Waals surface area contributed by atoms with Gasteiger partial charge in [-0.1, -0.05) is 5.57 Å². The van der Waals surface area contributed by atoms with Gasteiger partial charge in [0.1, 0.15) is 5.60 Å². The minimum absolute atomic E-state index is 0.130. The van der Waals surface area contributed by atoms with Crippen LogP contribution in [0.25, 0.3) is 0 Å². The van der Waals surface area contributed by atoms with Crippen LogP contribution in [0.4, 0.5) is 4.79 Å². The number of amides is 1. The van der Waals surface area contributed by atoms with E-state index in [1.54, 1.807) is 4.90 Å². The normalized spacial score (nSPS) is 28.8. The van der Waals surface area contributed by atoms with E-state index in [1.807, 2.05) is 20.8 Å². The summed E-state index contributed by atoms with van der Waals surface area (Å²) < 4.78 is 5.34. The van der Waals surface area contributed by atoms with E-state index in [9.17, 15) is 9.59 Å². The van der Waals surface area contributed by atoms with E-state index in [2.05, 4.69) is 0 Å². The third-order valence-electron chi connectivity index (χ3n) is 3.40. The van der Waals surface area contributed by atoms with E-state index in [1.165, 1.54) is 6.08 Å². The Balaban J connectivity index is 1.97. The number of carbonyl (C=O) groups excluding carboxylic acids is 1. The highest BCUT2D eigenvalue weighted by atomic mass is 16.6. The zero-order valence-electron chi connectivity index (χ0n) is 11.0. The van der Waals surface area contributed by atoms with Gasteiger partial charge in [-0.2, -0.15) is 0 Å². The molecule has 1 aliphatic heterocycles. The number of carboxylic acids is 1. The molecule has 100 valence electrons. The topological polar surface area (TPSA) is 66.8 Å². The summed E-state index contributed by atoms with van der Waals surface area (Å²) in [6.07, 6.45) is 2.49. The predicted octanol–water partition coefficient (Wildman–Crippen LogP) is 2.03. The van der Waals surface area contributed by atoms with Crippen molar-refractivity contribution >= 4 is 12.1 Å².